The van der Waals surface area contributed by atoms with Crippen molar-refractivity contribution in [3.8, 4) is 0 Å². The third-order valence-electron chi connectivity index (χ3n) is 1.15. The van der Waals surface area contributed by atoms with E-state index < -0.39 is 0 Å². The number of nitrogens with zero attached hydrogens (tertiary/aromatic N) is 1. The van der Waals surface area contributed by atoms with Crippen molar-refractivity contribution in [3.05, 3.63) is 30.1 Å². The Kier molecular flexibility index (Phi) is 3.11. The van der Waals surface area contributed by atoms with Crippen LogP contribution in [-0.4, -0.2) is 15.9 Å². The molecular formula is C8H9NOS. The van der Waals surface area contributed by atoms with Gasteiger partial charge in [0.25, 0.3) is 0 Å². The van der Waals surface area contributed by atoms with Crippen LogP contribution in [0.25, 0.3) is 0 Å². The molecule has 0 aliphatic carbocycles. The number of carbonyl (C=O) groups is 1. The molecule has 11 heavy (non-hydrogen) atoms. The molecule has 3 heteroatoms. The minimum atomic E-state index is 0.0492. The second-order valence-corrected chi connectivity index (χ2v) is 3.17. The third-order valence-corrected chi connectivity index (χ3v) is 1.91. The van der Waals surface area contributed by atoms with Crippen LogP contribution in [0, 0.1) is 0 Å². The molecule has 0 fully saturated rings. The highest BCUT2D eigenvalue weighted by atomic mass is 32.2. The van der Waals surface area contributed by atoms with Crippen molar-refractivity contribution < 1.29 is 4.79 Å². The van der Waals surface area contributed by atoms with Crippen molar-refractivity contribution in [1.82, 2.24) is 4.98 Å². The molecule has 0 radical (unpaired) electrons. The second-order valence-electron chi connectivity index (χ2n) is 1.94. The molecule has 0 aliphatic heterocycles. The zero-order chi connectivity index (χ0) is 8.10. The van der Waals surface area contributed by atoms with E-state index in [1.165, 1.54) is 11.8 Å². The van der Waals surface area contributed by atoms with Gasteiger partial charge in [0.05, 0.1) is 0 Å². The summed E-state index contributed by atoms with van der Waals surface area (Å²) in [6.45, 7) is 1.95. The van der Waals surface area contributed by atoms with Gasteiger partial charge in [0.15, 0.2) is 0 Å². The van der Waals surface area contributed by atoms with Gasteiger partial charge in [-0.25, -0.2) is 0 Å². The van der Waals surface area contributed by atoms with Crippen LogP contribution < -0.4 is 0 Å². The number of hydrogen-bond donors (Lipinski definition) is 0. The van der Waals surface area contributed by atoms with E-state index in [-0.39, 0.29) is 5.12 Å². The molecule has 2 nitrogen and oxygen atoms in total. The van der Waals surface area contributed by atoms with Gasteiger partial charge in [-0.2, -0.15) is 0 Å². The van der Waals surface area contributed by atoms with E-state index in [1.54, 1.807) is 18.3 Å². The number of thioether (sulfide) groups is 1. The Morgan fingerprint density at radius 3 is 3.00 bits per heavy atom. The molecule has 1 aromatic heterocycles. The van der Waals surface area contributed by atoms with E-state index in [4.69, 9.17) is 0 Å². The first kappa shape index (κ1) is 8.27. The van der Waals surface area contributed by atoms with Crippen molar-refractivity contribution in [1.29, 1.82) is 0 Å². The largest absolute Gasteiger partial charge is 0.280 e. The van der Waals surface area contributed by atoms with Crippen molar-refractivity contribution >= 4 is 16.9 Å². The monoisotopic (exact) mass is 167 g/mol. The van der Waals surface area contributed by atoms with Gasteiger partial charge in [-0.1, -0.05) is 24.8 Å². The van der Waals surface area contributed by atoms with E-state index in [0.717, 1.165) is 5.75 Å². The molecule has 0 aromatic carbocycles. The Labute approximate surface area is 70.0 Å². The Hall–Kier alpha value is -0.830. The van der Waals surface area contributed by atoms with Gasteiger partial charge in [-0.15, -0.1) is 0 Å². The molecule has 0 spiro atoms. The van der Waals surface area contributed by atoms with Crippen LogP contribution in [0.4, 0.5) is 0 Å². The lowest BCUT2D eigenvalue weighted by Gasteiger charge is -1.94. The average Bonchev–Trinajstić information content (AvgIpc) is 2.07. The predicted molar refractivity (Wildman–Crippen MR) is 46.7 cm³/mol. The maximum atomic E-state index is 11.1. The molecule has 1 heterocycles. The number of rotatable bonds is 2. The zero-order valence-electron chi connectivity index (χ0n) is 6.28. The standard InChI is InChI=1S/C8H9NOS/c1-2-11-8(10)7-5-3-4-6-9-7/h3-6H,2H2,1H3. The van der Waals surface area contributed by atoms with Gasteiger partial charge in [0.1, 0.15) is 5.69 Å². The lowest BCUT2D eigenvalue weighted by molar-refractivity contribution is 0.108. The smallest absolute Gasteiger partial charge is 0.237 e. The van der Waals surface area contributed by atoms with E-state index >= 15 is 0 Å². The van der Waals surface area contributed by atoms with Gasteiger partial charge in [-0.3, -0.25) is 9.78 Å². The minimum Gasteiger partial charge on any atom is -0.280 e. The van der Waals surface area contributed by atoms with Crippen LogP contribution in [0.15, 0.2) is 24.4 Å². The number of pyridine rings is 1. The van der Waals surface area contributed by atoms with Gasteiger partial charge >= 0.3 is 0 Å². The van der Waals surface area contributed by atoms with Gasteiger partial charge < -0.3 is 0 Å². The summed E-state index contributed by atoms with van der Waals surface area (Å²) in [5.74, 6) is 0.801. The van der Waals surface area contributed by atoms with Crippen molar-refractivity contribution in [3.63, 3.8) is 0 Å². The van der Waals surface area contributed by atoms with Crippen LogP contribution in [0.5, 0.6) is 0 Å². The Balaban J connectivity index is 2.69. The van der Waals surface area contributed by atoms with E-state index in [1.807, 2.05) is 13.0 Å². The first-order valence-corrected chi connectivity index (χ1v) is 4.41. The Morgan fingerprint density at radius 2 is 2.45 bits per heavy atom. The second kappa shape index (κ2) is 4.13. The molecule has 0 N–H and O–H groups in total. The summed E-state index contributed by atoms with van der Waals surface area (Å²) < 4.78 is 0. The Morgan fingerprint density at radius 1 is 1.64 bits per heavy atom. The summed E-state index contributed by atoms with van der Waals surface area (Å²) in [7, 11) is 0. The van der Waals surface area contributed by atoms with Crippen molar-refractivity contribution in [2.24, 2.45) is 0 Å². The highest BCUT2D eigenvalue weighted by molar-refractivity contribution is 8.14. The molecule has 1 rings (SSSR count). The lowest BCUT2D eigenvalue weighted by atomic mass is 10.4. The number of carbonyl (C=O) groups excluding carboxylic acids is 1. The van der Waals surface area contributed by atoms with Crippen molar-refractivity contribution in [2.45, 2.75) is 6.92 Å². The van der Waals surface area contributed by atoms with Crippen LogP contribution in [0.3, 0.4) is 0 Å². The quantitative estimate of drug-likeness (QED) is 0.674. The highest BCUT2D eigenvalue weighted by Gasteiger charge is 2.03. The summed E-state index contributed by atoms with van der Waals surface area (Å²) in [6.07, 6.45) is 1.63. The summed E-state index contributed by atoms with van der Waals surface area (Å²) in [4.78, 5) is 15.1. The fourth-order valence-electron chi connectivity index (χ4n) is 0.689. The topological polar surface area (TPSA) is 30.0 Å². The third kappa shape index (κ3) is 2.35. The highest BCUT2D eigenvalue weighted by Crippen LogP contribution is 2.08. The molecule has 0 unspecified atom stereocenters. The van der Waals surface area contributed by atoms with Crippen LogP contribution in [0.1, 0.15) is 17.4 Å². The summed E-state index contributed by atoms with van der Waals surface area (Å²) in [5, 5.41) is 0.0492. The normalized spacial score (nSPS) is 9.55. The van der Waals surface area contributed by atoms with Gasteiger partial charge in [0, 0.05) is 6.20 Å². The lowest BCUT2D eigenvalue weighted by Crippen LogP contribution is -1.95. The fraction of sp³-hybridized carbons (Fsp3) is 0.250. The summed E-state index contributed by atoms with van der Waals surface area (Å²) in [5.41, 5.74) is 0.541. The Bertz CT molecular complexity index is 235. The molecule has 0 aliphatic rings. The van der Waals surface area contributed by atoms with Crippen LogP contribution in [0.2, 0.25) is 0 Å². The molecule has 0 saturated heterocycles. The first-order valence-electron chi connectivity index (χ1n) is 3.42. The SMILES string of the molecule is CCSC(=O)c1ccccn1. The number of aromatic nitrogens is 1. The summed E-state index contributed by atoms with van der Waals surface area (Å²) >= 11 is 1.28. The van der Waals surface area contributed by atoms with Crippen LogP contribution in [-0.2, 0) is 0 Å². The molecule has 58 valence electrons. The van der Waals surface area contributed by atoms with Gasteiger partial charge in [-0.05, 0) is 17.9 Å². The van der Waals surface area contributed by atoms with Crippen LogP contribution >= 0.6 is 11.8 Å². The number of hydrogen-bond acceptors (Lipinski definition) is 3. The minimum absolute atomic E-state index is 0.0492. The molecule has 1 aromatic rings. The molecule has 0 bridgehead atoms. The maximum Gasteiger partial charge on any atom is 0.237 e. The first-order chi connectivity index (χ1) is 5.34. The molecule has 0 atom stereocenters. The van der Waals surface area contributed by atoms with E-state index in [0.29, 0.717) is 5.69 Å². The zero-order valence-corrected chi connectivity index (χ0v) is 7.10. The van der Waals surface area contributed by atoms with Crippen molar-refractivity contribution in [2.75, 3.05) is 5.75 Å². The van der Waals surface area contributed by atoms with Gasteiger partial charge in [0.2, 0.25) is 5.12 Å². The summed E-state index contributed by atoms with van der Waals surface area (Å²) in [6, 6.07) is 5.34. The predicted octanol–water partition coefficient (Wildman–Crippen LogP) is 1.97. The fourth-order valence-corrected chi connectivity index (χ4v) is 1.22. The maximum absolute atomic E-state index is 11.1. The van der Waals surface area contributed by atoms with E-state index in [9.17, 15) is 4.79 Å². The molecule has 0 amide bonds. The van der Waals surface area contributed by atoms with E-state index in [2.05, 4.69) is 4.98 Å². The molecule has 0 saturated carbocycles. The average molecular weight is 167 g/mol. The molecular weight excluding hydrogens is 158 g/mol.